The molecule has 3 aromatic heterocycles. The summed E-state index contributed by atoms with van der Waals surface area (Å²) < 4.78 is 7.79. The van der Waals surface area contributed by atoms with Crippen LogP contribution in [0.25, 0.3) is 21.6 Å². The summed E-state index contributed by atoms with van der Waals surface area (Å²) in [5, 5.41) is 12.8. The summed E-state index contributed by atoms with van der Waals surface area (Å²) in [6.45, 7) is 2.03. The first-order valence-electron chi connectivity index (χ1n) is 8.07. The number of carbonyl (C=O) groups is 1. The van der Waals surface area contributed by atoms with E-state index in [1.807, 2.05) is 11.4 Å². The molecule has 6 nitrogen and oxygen atoms in total. The predicted octanol–water partition coefficient (Wildman–Crippen LogP) is 2.14. The Morgan fingerprint density at radius 1 is 1.40 bits per heavy atom. The number of ether oxygens (including phenoxy) is 1. The smallest absolute Gasteiger partial charge is 0.343 e. The molecule has 2 aliphatic heterocycles. The number of esters is 1. The summed E-state index contributed by atoms with van der Waals surface area (Å²) in [5.41, 5.74) is 1.93. The molecule has 0 saturated carbocycles. The van der Waals surface area contributed by atoms with E-state index < -0.39 is 11.6 Å². The lowest BCUT2D eigenvalue weighted by atomic mass is 9.86. The summed E-state index contributed by atoms with van der Waals surface area (Å²) in [4.78, 5) is 29.8. The Morgan fingerprint density at radius 3 is 3.04 bits per heavy atom. The standard InChI is InChI=1S/C18H14N2O4S/c1-2-18(23)11-6-13-15-9(5-14-12(19-15)3-4-25-14)7-20(13)16(21)10(11)8-24-17(18)22/h3-6,23H,2,7-8H2,1H3. The third-order valence-electron chi connectivity index (χ3n) is 5.13. The van der Waals surface area contributed by atoms with Crippen LogP contribution >= 0.6 is 11.3 Å². The molecule has 1 N–H and O–H groups in total. The molecule has 0 saturated heterocycles. The fraction of sp³-hybridized carbons (Fsp3) is 0.278. The summed E-state index contributed by atoms with van der Waals surface area (Å²) in [6, 6.07) is 5.73. The second-order valence-corrected chi connectivity index (χ2v) is 7.35. The van der Waals surface area contributed by atoms with E-state index in [1.165, 1.54) is 0 Å². The van der Waals surface area contributed by atoms with Gasteiger partial charge in [0.1, 0.15) is 6.61 Å². The Kier molecular flexibility index (Phi) is 2.82. The number of nitrogens with zero attached hydrogens (tertiary/aromatic N) is 2. The third-order valence-corrected chi connectivity index (χ3v) is 5.98. The molecule has 0 aliphatic carbocycles. The molecule has 25 heavy (non-hydrogen) atoms. The van der Waals surface area contributed by atoms with Crippen LogP contribution in [0.15, 0.2) is 28.4 Å². The molecule has 0 aromatic carbocycles. The van der Waals surface area contributed by atoms with Crippen molar-refractivity contribution in [3.8, 4) is 11.4 Å². The molecule has 0 amide bonds. The maximum Gasteiger partial charge on any atom is 0.343 e. The van der Waals surface area contributed by atoms with E-state index in [0.29, 0.717) is 23.4 Å². The van der Waals surface area contributed by atoms with Gasteiger partial charge in [0.05, 0.1) is 33.7 Å². The lowest BCUT2D eigenvalue weighted by molar-refractivity contribution is -0.172. The Balaban J connectivity index is 1.82. The number of carbonyl (C=O) groups excluding carboxylic acids is 1. The normalized spacial score (nSPS) is 21.0. The van der Waals surface area contributed by atoms with Gasteiger partial charge < -0.3 is 14.4 Å². The topological polar surface area (TPSA) is 81.4 Å². The lowest BCUT2D eigenvalue weighted by Crippen LogP contribution is -2.44. The van der Waals surface area contributed by atoms with Crippen molar-refractivity contribution >= 4 is 27.5 Å². The number of cyclic esters (lactones) is 1. The predicted molar refractivity (Wildman–Crippen MR) is 92.4 cm³/mol. The van der Waals surface area contributed by atoms with Crippen molar-refractivity contribution in [3.63, 3.8) is 0 Å². The number of fused-ring (bicyclic) bond motifs is 5. The minimum atomic E-state index is -1.78. The zero-order chi connectivity index (χ0) is 17.3. The van der Waals surface area contributed by atoms with Crippen LogP contribution in [0.5, 0.6) is 0 Å². The molecular weight excluding hydrogens is 340 g/mol. The second-order valence-electron chi connectivity index (χ2n) is 6.40. The van der Waals surface area contributed by atoms with E-state index in [0.717, 1.165) is 21.5 Å². The zero-order valence-electron chi connectivity index (χ0n) is 13.4. The van der Waals surface area contributed by atoms with Crippen LogP contribution in [0.2, 0.25) is 0 Å². The monoisotopic (exact) mass is 354 g/mol. The highest BCUT2D eigenvalue weighted by Crippen LogP contribution is 2.38. The zero-order valence-corrected chi connectivity index (χ0v) is 14.2. The Bertz CT molecular complexity index is 1130. The maximum absolute atomic E-state index is 13.0. The average molecular weight is 354 g/mol. The van der Waals surface area contributed by atoms with Gasteiger partial charge in [-0.15, -0.1) is 11.3 Å². The quantitative estimate of drug-likeness (QED) is 0.530. The number of aliphatic hydroxyl groups is 1. The van der Waals surface area contributed by atoms with Crippen molar-refractivity contribution in [2.75, 3.05) is 0 Å². The highest BCUT2D eigenvalue weighted by molar-refractivity contribution is 7.17. The Hall–Kier alpha value is -2.51. The first-order chi connectivity index (χ1) is 12.0. The third kappa shape index (κ3) is 1.79. The van der Waals surface area contributed by atoms with Gasteiger partial charge in [0.25, 0.3) is 5.56 Å². The van der Waals surface area contributed by atoms with Gasteiger partial charge in [-0.2, -0.15) is 0 Å². The largest absolute Gasteiger partial charge is 0.458 e. The van der Waals surface area contributed by atoms with Crippen molar-refractivity contribution in [2.24, 2.45) is 0 Å². The maximum atomic E-state index is 13.0. The number of aromatic nitrogens is 2. The second kappa shape index (κ2) is 4.77. The van der Waals surface area contributed by atoms with Gasteiger partial charge in [-0.25, -0.2) is 9.78 Å². The molecular formula is C18H14N2O4S. The summed E-state index contributed by atoms with van der Waals surface area (Å²) in [5.74, 6) is -0.702. The number of thiophene rings is 1. The summed E-state index contributed by atoms with van der Waals surface area (Å²) >= 11 is 1.61. The van der Waals surface area contributed by atoms with Crippen molar-refractivity contribution in [1.29, 1.82) is 0 Å². The van der Waals surface area contributed by atoms with Crippen molar-refractivity contribution < 1.29 is 14.6 Å². The minimum Gasteiger partial charge on any atom is -0.458 e. The number of hydrogen-bond donors (Lipinski definition) is 1. The Morgan fingerprint density at radius 2 is 2.24 bits per heavy atom. The van der Waals surface area contributed by atoms with Crippen molar-refractivity contribution in [2.45, 2.75) is 32.1 Å². The van der Waals surface area contributed by atoms with Crippen LogP contribution < -0.4 is 5.56 Å². The highest BCUT2D eigenvalue weighted by atomic mass is 32.1. The van der Waals surface area contributed by atoms with Crippen molar-refractivity contribution in [3.05, 3.63) is 50.6 Å². The molecule has 0 fully saturated rings. The van der Waals surface area contributed by atoms with Crippen LogP contribution in [0.3, 0.4) is 0 Å². The van der Waals surface area contributed by atoms with E-state index in [1.54, 1.807) is 28.9 Å². The summed E-state index contributed by atoms with van der Waals surface area (Å²) in [7, 11) is 0. The van der Waals surface area contributed by atoms with E-state index >= 15 is 0 Å². The SMILES string of the molecule is CCC1(O)C(=O)OCc2c1cc1n(c2=O)Cc2cc3sccc3nc2-1. The van der Waals surface area contributed by atoms with Crippen LogP contribution in [0.1, 0.15) is 30.0 Å². The fourth-order valence-corrected chi connectivity index (χ4v) is 4.49. The van der Waals surface area contributed by atoms with Crippen LogP contribution in [-0.4, -0.2) is 20.6 Å². The van der Waals surface area contributed by atoms with Gasteiger partial charge in [-0.3, -0.25) is 4.79 Å². The van der Waals surface area contributed by atoms with Crippen LogP contribution in [-0.2, 0) is 28.3 Å². The molecule has 3 aromatic rings. The molecule has 1 atom stereocenters. The average Bonchev–Trinajstić information content (AvgIpc) is 3.20. The molecule has 126 valence electrons. The van der Waals surface area contributed by atoms with Gasteiger partial charge in [0.15, 0.2) is 5.60 Å². The first-order valence-corrected chi connectivity index (χ1v) is 8.95. The van der Waals surface area contributed by atoms with Gasteiger partial charge in [0, 0.05) is 11.1 Å². The highest BCUT2D eigenvalue weighted by Gasteiger charge is 2.45. The molecule has 5 heterocycles. The van der Waals surface area contributed by atoms with E-state index in [-0.39, 0.29) is 18.6 Å². The molecule has 0 spiro atoms. The molecule has 2 aliphatic rings. The van der Waals surface area contributed by atoms with Crippen LogP contribution in [0, 0.1) is 0 Å². The molecule has 1 unspecified atom stereocenters. The van der Waals surface area contributed by atoms with E-state index in [2.05, 4.69) is 6.07 Å². The van der Waals surface area contributed by atoms with E-state index in [4.69, 9.17) is 9.72 Å². The first kappa shape index (κ1) is 14.8. The lowest BCUT2D eigenvalue weighted by Gasteiger charge is -2.31. The molecule has 7 heteroatoms. The number of pyridine rings is 2. The van der Waals surface area contributed by atoms with Gasteiger partial charge >= 0.3 is 5.97 Å². The van der Waals surface area contributed by atoms with Crippen LogP contribution in [0.4, 0.5) is 0 Å². The van der Waals surface area contributed by atoms with Gasteiger partial charge in [-0.05, 0) is 30.0 Å². The van der Waals surface area contributed by atoms with Crippen molar-refractivity contribution in [1.82, 2.24) is 9.55 Å². The molecule has 0 bridgehead atoms. The van der Waals surface area contributed by atoms with Gasteiger partial charge in [0.2, 0.25) is 0 Å². The molecule has 5 rings (SSSR count). The van der Waals surface area contributed by atoms with E-state index in [9.17, 15) is 14.7 Å². The number of rotatable bonds is 1. The Labute approximate surface area is 146 Å². The number of hydrogen-bond acceptors (Lipinski definition) is 6. The minimum absolute atomic E-state index is 0.103. The summed E-state index contributed by atoms with van der Waals surface area (Å²) in [6.07, 6.45) is 0.144. The fourth-order valence-electron chi connectivity index (χ4n) is 3.70. The molecule has 0 radical (unpaired) electrons. The van der Waals surface area contributed by atoms with Gasteiger partial charge in [-0.1, -0.05) is 6.92 Å².